The van der Waals surface area contributed by atoms with Crippen molar-refractivity contribution in [2.24, 2.45) is 5.73 Å². The van der Waals surface area contributed by atoms with Crippen molar-refractivity contribution >= 4 is 38.9 Å². The minimum Gasteiger partial charge on any atom is -0.380 e. The van der Waals surface area contributed by atoms with Crippen LogP contribution in [0.4, 0.5) is 5.69 Å². The zero-order valence-electron chi connectivity index (χ0n) is 9.87. The number of anilines is 1. The van der Waals surface area contributed by atoms with Gasteiger partial charge in [0.25, 0.3) is 0 Å². The second-order valence-electron chi connectivity index (χ2n) is 3.98. The number of amides is 1. The lowest BCUT2D eigenvalue weighted by Crippen LogP contribution is -2.09. The van der Waals surface area contributed by atoms with E-state index in [1.807, 2.05) is 25.1 Å². The molecule has 1 aromatic heterocycles. The van der Waals surface area contributed by atoms with Crippen molar-refractivity contribution in [1.82, 2.24) is 0 Å². The lowest BCUT2D eigenvalue weighted by Gasteiger charge is -2.06. The van der Waals surface area contributed by atoms with Gasteiger partial charge >= 0.3 is 0 Å². The molecule has 5 heteroatoms. The molecule has 1 amide bonds. The molecule has 0 saturated heterocycles. The summed E-state index contributed by atoms with van der Waals surface area (Å²) in [4.78, 5) is 12.1. The van der Waals surface area contributed by atoms with Gasteiger partial charge in [-0.05, 0) is 30.7 Å². The molecule has 0 aliphatic carbocycles. The third-order valence-corrected chi connectivity index (χ3v) is 4.37. The van der Waals surface area contributed by atoms with Gasteiger partial charge in [0.15, 0.2) is 0 Å². The van der Waals surface area contributed by atoms with E-state index >= 15 is 0 Å². The number of rotatable bonds is 4. The number of nitrogens with two attached hydrogens (primary N) is 1. The molecular formula is C13H13BrN2OS. The standard InChI is InChI=1S/C13H13BrN2OS/c1-8-2-3-10(5-12(8)14)16-6-11-4-9(7-18-11)13(15)17/h2-5,7,16H,6H2,1H3,(H2,15,17). The van der Waals surface area contributed by atoms with Crippen molar-refractivity contribution in [2.75, 3.05) is 5.32 Å². The summed E-state index contributed by atoms with van der Waals surface area (Å²) in [5.41, 5.74) is 8.03. The normalized spacial score (nSPS) is 10.3. The van der Waals surface area contributed by atoms with Gasteiger partial charge in [-0.15, -0.1) is 11.3 Å². The van der Waals surface area contributed by atoms with Crippen LogP contribution in [0.2, 0.25) is 0 Å². The summed E-state index contributed by atoms with van der Waals surface area (Å²) in [6.07, 6.45) is 0. The lowest BCUT2D eigenvalue weighted by atomic mass is 10.2. The highest BCUT2D eigenvalue weighted by Crippen LogP contribution is 2.22. The predicted molar refractivity (Wildman–Crippen MR) is 79.0 cm³/mol. The molecule has 0 bridgehead atoms. The van der Waals surface area contributed by atoms with Crippen LogP contribution in [0, 0.1) is 6.92 Å². The van der Waals surface area contributed by atoms with E-state index < -0.39 is 0 Å². The molecule has 0 radical (unpaired) electrons. The average Bonchev–Trinajstić information content (AvgIpc) is 2.79. The van der Waals surface area contributed by atoms with Crippen LogP contribution in [0.1, 0.15) is 20.8 Å². The largest absolute Gasteiger partial charge is 0.380 e. The summed E-state index contributed by atoms with van der Waals surface area (Å²) in [5.74, 6) is -0.379. The number of carbonyl (C=O) groups excluding carboxylic acids is 1. The number of hydrogen-bond donors (Lipinski definition) is 2. The van der Waals surface area contributed by atoms with Gasteiger partial charge in [-0.1, -0.05) is 22.0 Å². The zero-order valence-corrected chi connectivity index (χ0v) is 12.3. The molecule has 3 nitrogen and oxygen atoms in total. The molecule has 2 aromatic rings. The van der Waals surface area contributed by atoms with E-state index in [1.165, 1.54) is 16.9 Å². The van der Waals surface area contributed by atoms with Crippen molar-refractivity contribution in [1.29, 1.82) is 0 Å². The fraction of sp³-hybridized carbons (Fsp3) is 0.154. The van der Waals surface area contributed by atoms with E-state index in [0.717, 1.165) is 15.0 Å². The van der Waals surface area contributed by atoms with Gasteiger partial charge in [-0.3, -0.25) is 4.79 Å². The Balaban J connectivity index is 2.02. The van der Waals surface area contributed by atoms with Crippen molar-refractivity contribution in [2.45, 2.75) is 13.5 Å². The first-order chi connectivity index (χ1) is 8.56. The maximum atomic E-state index is 11.0. The summed E-state index contributed by atoms with van der Waals surface area (Å²) in [7, 11) is 0. The molecule has 0 fully saturated rings. The fourth-order valence-corrected chi connectivity index (χ4v) is 2.69. The van der Waals surface area contributed by atoms with E-state index in [-0.39, 0.29) is 5.91 Å². The fourth-order valence-electron chi connectivity index (χ4n) is 1.49. The summed E-state index contributed by atoms with van der Waals surface area (Å²) in [5, 5.41) is 5.09. The Kier molecular flexibility index (Phi) is 4.04. The number of thiophene rings is 1. The molecule has 0 aliphatic heterocycles. The maximum Gasteiger partial charge on any atom is 0.249 e. The van der Waals surface area contributed by atoms with Crippen LogP contribution in [-0.4, -0.2) is 5.91 Å². The summed E-state index contributed by atoms with van der Waals surface area (Å²) in [6, 6.07) is 7.94. The SMILES string of the molecule is Cc1ccc(NCc2cc(C(N)=O)cs2)cc1Br. The number of halogens is 1. The monoisotopic (exact) mass is 324 g/mol. The van der Waals surface area contributed by atoms with E-state index in [0.29, 0.717) is 12.1 Å². The second kappa shape index (κ2) is 5.54. The average molecular weight is 325 g/mol. The maximum absolute atomic E-state index is 11.0. The summed E-state index contributed by atoms with van der Waals surface area (Å²) >= 11 is 5.03. The predicted octanol–water partition coefficient (Wildman–Crippen LogP) is 3.53. The zero-order chi connectivity index (χ0) is 13.1. The Bertz CT molecular complexity index is 580. The second-order valence-corrected chi connectivity index (χ2v) is 5.83. The lowest BCUT2D eigenvalue weighted by molar-refractivity contribution is 0.100. The molecule has 94 valence electrons. The highest BCUT2D eigenvalue weighted by molar-refractivity contribution is 9.10. The van der Waals surface area contributed by atoms with Gasteiger partial charge in [0.2, 0.25) is 5.91 Å². The first-order valence-corrected chi connectivity index (χ1v) is 7.11. The molecule has 0 spiro atoms. The van der Waals surface area contributed by atoms with Gasteiger partial charge in [0.1, 0.15) is 0 Å². The minimum absolute atomic E-state index is 0.379. The highest BCUT2D eigenvalue weighted by Gasteiger charge is 2.04. The summed E-state index contributed by atoms with van der Waals surface area (Å²) in [6.45, 7) is 2.74. The molecule has 1 aromatic carbocycles. The molecule has 3 N–H and O–H groups in total. The molecule has 0 aliphatic rings. The van der Waals surface area contributed by atoms with Crippen LogP contribution in [0.5, 0.6) is 0 Å². The van der Waals surface area contributed by atoms with Gasteiger partial charge in [0, 0.05) is 27.0 Å². The van der Waals surface area contributed by atoms with Crippen LogP contribution < -0.4 is 11.1 Å². The molecule has 1 heterocycles. The molecule has 0 saturated carbocycles. The van der Waals surface area contributed by atoms with Gasteiger partial charge in [-0.2, -0.15) is 0 Å². The number of carbonyl (C=O) groups is 1. The van der Waals surface area contributed by atoms with Crippen molar-refractivity contribution in [3.8, 4) is 0 Å². The van der Waals surface area contributed by atoms with Gasteiger partial charge < -0.3 is 11.1 Å². The number of benzene rings is 1. The van der Waals surface area contributed by atoms with Crippen LogP contribution in [-0.2, 0) is 6.54 Å². The Labute approximate surface area is 118 Å². The van der Waals surface area contributed by atoms with Crippen molar-refractivity contribution < 1.29 is 4.79 Å². The number of primary amides is 1. The van der Waals surface area contributed by atoms with Gasteiger partial charge in [-0.25, -0.2) is 0 Å². The van der Waals surface area contributed by atoms with Crippen molar-refractivity contribution in [3.63, 3.8) is 0 Å². The van der Waals surface area contributed by atoms with Crippen LogP contribution in [0.3, 0.4) is 0 Å². The third-order valence-electron chi connectivity index (χ3n) is 2.58. The van der Waals surface area contributed by atoms with Crippen molar-refractivity contribution in [3.05, 3.63) is 50.1 Å². The first kappa shape index (κ1) is 13.1. The van der Waals surface area contributed by atoms with E-state index in [9.17, 15) is 4.79 Å². The smallest absolute Gasteiger partial charge is 0.249 e. The van der Waals surface area contributed by atoms with Crippen LogP contribution >= 0.6 is 27.3 Å². The topological polar surface area (TPSA) is 55.1 Å². The molecular weight excluding hydrogens is 312 g/mol. The Morgan fingerprint density at radius 1 is 1.44 bits per heavy atom. The summed E-state index contributed by atoms with van der Waals surface area (Å²) < 4.78 is 1.08. The van der Waals surface area contributed by atoms with Crippen LogP contribution in [0.15, 0.2) is 34.1 Å². The Hall–Kier alpha value is -1.33. The quantitative estimate of drug-likeness (QED) is 0.903. The minimum atomic E-state index is -0.379. The van der Waals surface area contributed by atoms with E-state index in [1.54, 1.807) is 5.38 Å². The first-order valence-electron chi connectivity index (χ1n) is 5.43. The number of nitrogens with one attached hydrogen (secondary N) is 1. The Morgan fingerprint density at radius 3 is 2.83 bits per heavy atom. The Morgan fingerprint density at radius 2 is 2.22 bits per heavy atom. The molecule has 0 atom stereocenters. The molecule has 18 heavy (non-hydrogen) atoms. The highest BCUT2D eigenvalue weighted by atomic mass is 79.9. The van der Waals surface area contributed by atoms with Crippen LogP contribution in [0.25, 0.3) is 0 Å². The van der Waals surface area contributed by atoms with E-state index in [4.69, 9.17) is 5.73 Å². The number of hydrogen-bond acceptors (Lipinski definition) is 3. The number of aryl methyl sites for hydroxylation is 1. The van der Waals surface area contributed by atoms with E-state index in [2.05, 4.69) is 27.3 Å². The van der Waals surface area contributed by atoms with Gasteiger partial charge in [0.05, 0.1) is 5.56 Å². The molecule has 0 unspecified atom stereocenters. The third kappa shape index (κ3) is 3.11. The molecule has 2 rings (SSSR count).